The molecule has 116 valence electrons. The van der Waals surface area contributed by atoms with Crippen molar-refractivity contribution >= 4 is 33.8 Å². The van der Waals surface area contributed by atoms with E-state index in [0.29, 0.717) is 16.7 Å². The molecule has 6 nitrogen and oxygen atoms in total. The lowest BCUT2D eigenvalue weighted by atomic mass is 9.95. The van der Waals surface area contributed by atoms with Crippen LogP contribution in [-0.2, 0) is 0 Å². The lowest BCUT2D eigenvalue weighted by Crippen LogP contribution is -2.24. The Morgan fingerprint density at radius 1 is 1.43 bits per heavy atom. The third-order valence-electron chi connectivity index (χ3n) is 4.06. The van der Waals surface area contributed by atoms with Crippen LogP contribution < -0.4 is 21.7 Å². The van der Waals surface area contributed by atoms with Gasteiger partial charge in [-0.25, -0.2) is 0 Å². The Balaban J connectivity index is 2.39. The summed E-state index contributed by atoms with van der Waals surface area (Å²) in [4.78, 5) is 26.1. The van der Waals surface area contributed by atoms with E-state index in [-0.39, 0.29) is 17.2 Å². The van der Waals surface area contributed by atoms with E-state index in [1.165, 1.54) is 18.4 Å². The molecule has 0 bridgehead atoms. The molecule has 21 heavy (non-hydrogen) atoms. The summed E-state index contributed by atoms with van der Waals surface area (Å²) in [5.74, 6) is 0.299. The lowest BCUT2D eigenvalue weighted by molar-refractivity contribution is 0.0967. The quantitative estimate of drug-likeness (QED) is 0.779. The van der Waals surface area contributed by atoms with E-state index in [2.05, 4.69) is 24.1 Å². The van der Waals surface area contributed by atoms with Crippen LogP contribution in [0.15, 0.2) is 0 Å². The van der Waals surface area contributed by atoms with Gasteiger partial charge in [0.05, 0.1) is 11.3 Å². The van der Waals surface area contributed by atoms with E-state index in [1.807, 2.05) is 0 Å². The van der Waals surface area contributed by atoms with E-state index in [4.69, 9.17) is 11.5 Å². The third-order valence-corrected chi connectivity index (χ3v) is 5.33. The van der Waals surface area contributed by atoms with Gasteiger partial charge in [-0.1, -0.05) is 13.8 Å². The fourth-order valence-corrected chi connectivity index (χ4v) is 3.90. The number of rotatable bonds is 4. The number of nitrogens with one attached hydrogen (secondary N) is 1. The second kappa shape index (κ2) is 5.93. The number of amides is 2. The fraction of sp³-hybridized carbons (Fsp3) is 0.571. The summed E-state index contributed by atoms with van der Waals surface area (Å²) in [6, 6.07) is 0. The minimum absolute atomic E-state index is 0.190. The van der Waals surface area contributed by atoms with Gasteiger partial charge in [-0.2, -0.15) is 0 Å². The van der Waals surface area contributed by atoms with E-state index in [9.17, 15) is 9.59 Å². The Morgan fingerprint density at radius 3 is 2.57 bits per heavy atom. The minimum Gasteiger partial charge on any atom is -0.397 e. The number of carbonyl (C=O) groups is 2. The molecule has 1 aliphatic rings. The van der Waals surface area contributed by atoms with Crippen molar-refractivity contribution < 1.29 is 9.59 Å². The summed E-state index contributed by atoms with van der Waals surface area (Å²) in [5.41, 5.74) is 11.9. The molecule has 1 unspecified atom stereocenters. The number of nitrogens with two attached hydrogens (primary N) is 2. The monoisotopic (exact) mass is 310 g/mol. The average molecular weight is 310 g/mol. The van der Waals surface area contributed by atoms with Crippen molar-refractivity contribution in [2.24, 2.45) is 17.6 Å². The first-order valence-electron chi connectivity index (χ1n) is 7.05. The van der Waals surface area contributed by atoms with Crippen LogP contribution >= 0.6 is 11.3 Å². The number of hydrogen-bond acceptors (Lipinski definition) is 5. The van der Waals surface area contributed by atoms with Crippen molar-refractivity contribution in [3.8, 4) is 0 Å². The molecule has 1 atom stereocenters. The van der Waals surface area contributed by atoms with Crippen molar-refractivity contribution in [2.45, 2.75) is 20.3 Å². The highest BCUT2D eigenvalue weighted by molar-refractivity contribution is 7.19. The molecule has 0 spiro atoms. The molecule has 0 aromatic carbocycles. The van der Waals surface area contributed by atoms with Crippen LogP contribution in [-0.4, -0.2) is 32.0 Å². The van der Waals surface area contributed by atoms with Gasteiger partial charge < -0.3 is 21.7 Å². The first-order chi connectivity index (χ1) is 9.86. The molecule has 2 rings (SSSR count). The Labute approximate surface area is 128 Å². The normalized spacial score (nSPS) is 18.3. The van der Waals surface area contributed by atoms with Crippen LogP contribution in [0.3, 0.4) is 0 Å². The third kappa shape index (κ3) is 2.83. The van der Waals surface area contributed by atoms with Crippen LogP contribution in [0, 0.1) is 11.8 Å². The highest BCUT2D eigenvalue weighted by Gasteiger charge is 2.31. The summed E-state index contributed by atoms with van der Waals surface area (Å²) in [6.45, 7) is 6.12. The molecule has 1 saturated heterocycles. The zero-order chi connectivity index (χ0) is 15.7. The zero-order valence-corrected chi connectivity index (χ0v) is 13.4. The first kappa shape index (κ1) is 15.6. The summed E-state index contributed by atoms with van der Waals surface area (Å²) in [5, 5.41) is 3.26. The summed E-state index contributed by atoms with van der Waals surface area (Å²) < 4.78 is 0. The number of primary amides is 1. The Bertz CT molecular complexity index is 568. The van der Waals surface area contributed by atoms with Crippen LogP contribution in [0.25, 0.3) is 0 Å². The molecule has 7 heteroatoms. The second-order valence-electron chi connectivity index (χ2n) is 5.71. The standard InChI is InChI=1S/C14H22N4O2S/c1-7(2)8-4-5-18(6-8)14-9(12(16)19)10(15)11(21-14)13(20)17-3/h7-8H,4-6,15H2,1-3H3,(H2,16,19)(H,17,20). The maximum absolute atomic E-state index is 11.9. The van der Waals surface area contributed by atoms with E-state index in [1.54, 1.807) is 0 Å². The fourth-order valence-electron chi connectivity index (χ4n) is 2.69. The summed E-state index contributed by atoms with van der Waals surface area (Å²) in [7, 11) is 1.54. The number of carbonyl (C=O) groups excluding carboxylic acids is 2. The lowest BCUT2D eigenvalue weighted by Gasteiger charge is -2.19. The highest BCUT2D eigenvalue weighted by Crippen LogP contribution is 2.40. The molecular formula is C14H22N4O2S. The second-order valence-corrected chi connectivity index (χ2v) is 6.71. The molecule has 0 saturated carbocycles. The van der Waals surface area contributed by atoms with Crippen LogP contribution in [0.4, 0.5) is 10.7 Å². The minimum atomic E-state index is -0.582. The molecule has 2 heterocycles. The Morgan fingerprint density at radius 2 is 2.10 bits per heavy atom. The van der Waals surface area contributed by atoms with Gasteiger partial charge in [0.2, 0.25) is 0 Å². The molecule has 1 aromatic rings. The Hall–Kier alpha value is -1.76. The molecule has 0 radical (unpaired) electrons. The molecule has 1 fully saturated rings. The molecule has 1 aromatic heterocycles. The Kier molecular flexibility index (Phi) is 4.41. The maximum atomic E-state index is 11.9. The SMILES string of the molecule is CNC(=O)c1sc(N2CCC(C(C)C)C2)c(C(N)=O)c1N. The van der Waals surface area contributed by atoms with Gasteiger partial charge in [-0.3, -0.25) is 9.59 Å². The van der Waals surface area contributed by atoms with Gasteiger partial charge in [0, 0.05) is 20.1 Å². The number of nitrogen functional groups attached to an aromatic ring is 1. The van der Waals surface area contributed by atoms with Gasteiger partial charge in [0.15, 0.2) is 0 Å². The maximum Gasteiger partial charge on any atom is 0.263 e. The van der Waals surface area contributed by atoms with Gasteiger partial charge in [-0.15, -0.1) is 11.3 Å². The smallest absolute Gasteiger partial charge is 0.263 e. The van der Waals surface area contributed by atoms with Gasteiger partial charge >= 0.3 is 0 Å². The summed E-state index contributed by atoms with van der Waals surface area (Å²) in [6.07, 6.45) is 1.07. The van der Waals surface area contributed by atoms with Crippen molar-refractivity contribution in [1.82, 2.24) is 5.32 Å². The average Bonchev–Trinajstić information content (AvgIpc) is 3.01. The highest BCUT2D eigenvalue weighted by atomic mass is 32.1. The zero-order valence-electron chi connectivity index (χ0n) is 12.6. The molecular weight excluding hydrogens is 288 g/mol. The summed E-state index contributed by atoms with van der Waals surface area (Å²) >= 11 is 1.25. The molecule has 1 aliphatic heterocycles. The van der Waals surface area contributed by atoms with Gasteiger partial charge in [0.25, 0.3) is 11.8 Å². The van der Waals surface area contributed by atoms with Crippen molar-refractivity contribution in [3.63, 3.8) is 0 Å². The van der Waals surface area contributed by atoms with Gasteiger partial charge in [0.1, 0.15) is 9.88 Å². The molecule has 2 amide bonds. The number of hydrogen-bond donors (Lipinski definition) is 3. The van der Waals surface area contributed by atoms with E-state index < -0.39 is 5.91 Å². The predicted octanol–water partition coefficient (Wildman–Crippen LogP) is 1.27. The van der Waals surface area contributed by atoms with Gasteiger partial charge in [-0.05, 0) is 18.3 Å². The molecule has 5 N–H and O–H groups in total. The van der Waals surface area contributed by atoms with Crippen LogP contribution in [0.1, 0.15) is 40.3 Å². The van der Waals surface area contributed by atoms with Crippen LogP contribution in [0.5, 0.6) is 0 Å². The number of anilines is 2. The largest absolute Gasteiger partial charge is 0.397 e. The van der Waals surface area contributed by atoms with Crippen molar-refractivity contribution in [2.75, 3.05) is 30.8 Å². The predicted molar refractivity (Wildman–Crippen MR) is 85.8 cm³/mol. The first-order valence-corrected chi connectivity index (χ1v) is 7.87. The topological polar surface area (TPSA) is 101 Å². The van der Waals surface area contributed by atoms with Crippen LogP contribution in [0.2, 0.25) is 0 Å². The number of nitrogens with zero attached hydrogens (tertiary/aromatic N) is 1. The number of thiophene rings is 1. The molecule has 0 aliphatic carbocycles. The van der Waals surface area contributed by atoms with Crippen molar-refractivity contribution in [3.05, 3.63) is 10.4 Å². The van der Waals surface area contributed by atoms with E-state index >= 15 is 0 Å². The van der Waals surface area contributed by atoms with Crippen molar-refractivity contribution in [1.29, 1.82) is 0 Å². The van der Waals surface area contributed by atoms with E-state index in [0.717, 1.165) is 24.5 Å².